The average Bonchev–Trinajstić information content (AvgIpc) is 3.05. The highest BCUT2D eigenvalue weighted by molar-refractivity contribution is 5.93. The molecule has 8 heteroatoms. The molecule has 1 aliphatic heterocycles. The number of ether oxygens (including phenoxy) is 1. The second kappa shape index (κ2) is 6.18. The summed E-state index contributed by atoms with van der Waals surface area (Å²) in [5.74, 6) is -0.0449. The van der Waals surface area contributed by atoms with Crippen LogP contribution in [0.5, 0.6) is 5.75 Å². The highest BCUT2D eigenvalue weighted by Crippen LogP contribution is 2.29. The standard InChI is InChI=1S/C16H16F3N3O2/c1-2-3-8-21-10-22-13(9-20-14(22)15(21)23)11-4-6-12(7-5-11)24-16(17,18)19/h4-7,9H,2-3,8,10H2,1H3. The van der Waals surface area contributed by atoms with Crippen molar-refractivity contribution in [2.75, 3.05) is 6.54 Å². The van der Waals surface area contributed by atoms with Crippen molar-refractivity contribution in [3.8, 4) is 17.0 Å². The Balaban J connectivity index is 1.81. The molecule has 3 rings (SSSR count). The quantitative estimate of drug-likeness (QED) is 0.835. The van der Waals surface area contributed by atoms with E-state index in [4.69, 9.17) is 0 Å². The Morgan fingerprint density at radius 3 is 2.58 bits per heavy atom. The second-order valence-electron chi connectivity index (χ2n) is 5.53. The fourth-order valence-corrected chi connectivity index (χ4v) is 2.64. The zero-order chi connectivity index (χ0) is 17.3. The predicted octanol–water partition coefficient (Wildman–Crippen LogP) is 3.66. The van der Waals surface area contributed by atoms with Gasteiger partial charge < -0.3 is 14.2 Å². The zero-order valence-corrected chi connectivity index (χ0v) is 13.0. The van der Waals surface area contributed by atoms with Crippen LogP contribution in [0.4, 0.5) is 13.2 Å². The lowest BCUT2D eigenvalue weighted by Gasteiger charge is -2.15. The maximum absolute atomic E-state index is 12.3. The van der Waals surface area contributed by atoms with Crippen LogP contribution in [0.15, 0.2) is 30.5 Å². The Morgan fingerprint density at radius 1 is 1.25 bits per heavy atom. The molecule has 1 aromatic carbocycles. The molecule has 5 nitrogen and oxygen atoms in total. The summed E-state index contributed by atoms with van der Waals surface area (Å²) >= 11 is 0. The van der Waals surface area contributed by atoms with Crippen LogP contribution in [-0.2, 0) is 6.67 Å². The minimum Gasteiger partial charge on any atom is -0.406 e. The number of carbonyl (C=O) groups excluding carboxylic acids is 1. The molecule has 0 fully saturated rings. The van der Waals surface area contributed by atoms with Gasteiger partial charge in [-0.05, 0) is 30.7 Å². The largest absolute Gasteiger partial charge is 0.573 e. The van der Waals surface area contributed by atoms with Crippen molar-refractivity contribution < 1.29 is 22.7 Å². The van der Waals surface area contributed by atoms with Crippen LogP contribution in [0.1, 0.15) is 30.4 Å². The molecule has 0 saturated carbocycles. The number of hydrogen-bond acceptors (Lipinski definition) is 3. The van der Waals surface area contributed by atoms with Gasteiger partial charge in [-0.3, -0.25) is 4.79 Å². The smallest absolute Gasteiger partial charge is 0.406 e. The highest BCUT2D eigenvalue weighted by atomic mass is 19.4. The van der Waals surface area contributed by atoms with Crippen molar-refractivity contribution >= 4 is 5.91 Å². The molecule has 2 aromatic rings. The van der Waals surface area contributed by atoms with Gasteiger partial charge in [-0.1, -0.05) is 13.3 Å². The molecular weight excluding hydrogens is 323 g/mol. The third-order valence-corrected chi connectivity index (χ3v) is 3.81. The van der Waals surface area contributed by atoms with Gasteiger partial charge >= 0.3 is 6.36 Å². The number of rotatable bonds is 5. The number of hydrogen-bond donors (Lipinski definition) is 0. The van der Waals surface area contributed by atoms with E-state index >= 15 is 0 Å². The van der Waals surface area contributed by atoms with E-state index in [1.807, 2.05) is 0 Å². The second-order valence-corrected chi connectivity index (χ2v) is 5.53. The maximum atomic E-state index is 12.3. The van der Waals surface area contributed by atoms with Crippen LogP contribution in [0.2, 0.25) is 0 Å². The molecule has 0 atom stereocenters. The summed E-state index contributed by atoms with van der Waals surface area (Å²) in [5, 5.41) is 0. The third-order valence-electron chi connectivity index (χ3n) is 3.81. The van der Waals surface area contributed by atoms with Crippen molar-refractivity contribution in [3.63, 3.8) is 0 Å². The van der Waals surface area contributed by atoms with Gasteiger partial charge in [-0.25, -0.2) is 4.98 Å². The molecule has 0 spiro atoms. The van der Waals surface area contributed by atoms with E-state index in [1.165, 1.54) is 24.3 Å². The number of fused-ring (bicyclic) bond motifs is 1. The van der Waals surface area contributed by atoms with E-state index in [0.717, 1.165) is 12.8 Å². The molecule has 128 valence electrons. The zero-order valence-electron chi connectivity index (χ0n) is 13.0. The van der Waals surface area contributed by atoms with Gasteiger partial charge in [-0.15, -0.1) is 13.2 Å². The first-order chi connectivity index (χ1) is 11.4. The molecule has 24 heavy (non-hydrogen) atoms. The van der Waals surface area contributed by atoms with Gasteiger partial charge in [0.05, 0.1) is 18.6 Å². The van der Waals surface area contributed by atoms with Crippen LogP contribution < -0.4 is 4.74 Å². The first-order valence-electron chi connectivity index (χ1n) is 7.60. The van der Waals surface area contributed by atoms with E-state index in [2.05, 4.69) is 16.6 Å². The molecule has 0 radical (unpaired) electrons. The molecule has 0 unspecified atom stereocenters. The molecule has 1 aliphatic rings. The summed E-state index contributed by atoms with van der Waals surface area (Å²) in [4.78, 5) is 18.1. The first-order valence-corrected chi connectivity index (χ1v) is 7.60. The Morgan fingerprint density at radius 2 is 1.96 bits per heavy atom. The average molecular weight is 339 g/mol. The summed E-state index contributed by atoms with van der Waals surface area (Å²) in [5.41, 5.74) is 1.37. The molecular formula is C16H16F3N3O2. The summed E-state index contributed by atoms with van der Waals surface area (Å²) in [6.45, 7) is 3.12. The number of halogens is 3. The molecule has 1 aromatic heterocycles. The Hall–Kier alpha value is -2.51. The van der Waals surface area contributed by atoms with Crippen LogP contribution >= 0.6 is 0 Å². The number of alkyl halides is 3. The van der Waals surface area contributed by atoms with Crippen molar-refractivity contribution in [2.45, 2.75) is 32.8 Å². The molecule has 0 aliphatic carbocycles. The number of unbranched alkanes of at least 4 members (excludes halogenated alkanes) is 1. The van der Waals surface area contributed by atoms with Crippen molar-refractivity contribution in [1.29, 1.82) is 0 Å². The maximum Gasteiger partial charge on any atom is 0.573 e. The lowest BCUT2D eigenvalue weighted by molar-refractivity contribution is -0.274. The van der Waals surface area contributed by atoms with Crippen molar-refractivity contribution in [1.82, 2.24) is 14.5 Å². The number of benzene rings is 1. The SMILES string of the molecule is CCCCN1Cn2c(-c3ccc(OC(F)(F)F)cc3)cnc2C1=O. The van der Waals surface area contributed by atoms with E-state index in [-0.39, 0.29) is 11.7 Å². The van der Waals surface area contributed by atoms with Gasteiger partial charge in [0.25, 0.3) is 5.91 Å². The molecule has 0 bridgehead atoms. The number of imidazole rings is 1. The number of carbonyl (C=O) groups is 1. The van der Waals surface area contributed by atoms with E-state index < -0.39 is 6.36 Å². The van der Waals surface area contributed by atoms with Gasteiger partial charge in [0, 0.05) is 12.1 Å². The molecule has 2 heterocycles. The van der Waals surface area contributed by atoms with Gasteiger partial charge in [0.2, 0.25) is 5.82 Å². The van der Waals surface area contributed by atoms with Gasteiger partial charge in [0.1, 0.15) is 5.75 Å². The van der Waals surface area contributed by atoms with Gasteiger partial charge in [-0.2, -0.15) is 0 Å². The highest BCUT2D eigenvalue weighted by Gasteiger charge is 2.32. The van der Waals surface area contributed by atoms with Crippen molar-refractivity contribution in [3.05, 3.63) is 36.3 Å². The molecule has 0 saturated heterocycles. The van der Waals surface area contributed by atoms with E-state index in [9.17, 15) is 18.0 Å². The predicted molar refractivity (Wildman–Crippen MR) is 80.3 cm³/mol. The number of nitrogens with zero attached hydrogens (tertiary/aromatic N) is 3. The number of aromatic nitrogens is 2. The lowest BCUT2D eigenvalue weighted by atomic mass is 10.1. The Labute approximate surface area is 136 Å². The van der Waals surface area contributed by atoms with E-state index in [0.29, 0.717) is 30.3 Å². The first kappa shape index (κ1) is 16.4. The fourth-order valence-electron chi connectivity index (χ4n) is 2.64. The monoisotopic (exact) mass is 339 g/mol. The topological polar surface area (TPSA) is 47.4 Å². The molecule has 1 amide bonds. The lowest BCUT2D eigenvalue weighted by Crippen LogP contribution is -2.25. The van der Waals surface area contributed by atoms with Gasteiger partial charge in [0.15, 0.2) is 0 Å². The van der Waals surface area contributed by atoms with Crippen LogP contribution in [0.25, 0.3) is 11.3 Å². The summed E-state index contributed by atoms with van der Waals surface area (Å²) < 4.78 is 42.2. The Kier molecular flexibility index (Phi) is 4.21. The van der Waals surface area contributed by atoms with E-state index in [1.54, 1.807) is 15.7 Å². The third kappa shape index (κ3) is 3.22. The van der Waals surface area contributed by atoms with Crippen molar-refractivity contribution in [2.24, 2.45) is 0 Å². The fraction of sp³-hybridized carbons (Fsp3) is 0.375. The summed E-state index contributed by atoms with van der Waals surface area (Å²) in [7, 11) is 0. The summed E-state index contributed by atoms with van der Waals surface area (Å²) in [6, 6.07) is 5.53. The normalized spacial score (nSPS) is 14.2. The molecule has 0 N–H and O–H groups in total. The minimum atomic E-state index is -4.72. The number of amides is 1. The Bertz CT molecular complexity index is 738. The van der Waals surface area contributed by atoms with Crippen LogP contribution in [0.3, 0.4) is 0 Å². The summed E-state index contributed by atoms with van der Waals surface area (Å²) in [6.07, 6.45) is -1.26. The van der Waals surface area contributed by atoms with Crippen LogP contribution in [0, 0.1) is 0 Å². The minimum absolute atomic E-state index is 0.119. The van der Waals surface area contributed by atoms with Crippen LogP contribution in [-0.4, -0.2) is 33.3 Å².